The Kier molecular flexibility index (Phi) is 14.8. The van der Waals surface area contributed by atoms with E-state index in [0.717, 1.165) is 42.0 Å². The van der Waals surface area contributed by atoms with Gasteiger partial charge >= 0.3 is 6.09 Å². The highest BCUT2D eigenvalue weighted by atomic mass is 35.5. The Balaban J connectivity index is 0.00000105. The first-order chi connectivity index (χ1) is 26.2. The van der Waals surface area contributed by atoms with Gasteiger partial charge in [0.1, 0.15) is 28.3 Å². The Hall–Kier alpha value is -4.58. The van der Waals surface area contributed by atoms with E-state index in [1.165, 1.54) is 18.9 Å². The number of aromatic nitrogens is 2. The summed E-state index contributed by atoms with van der Waals surface area (Å²) in [4.78, 5) is 24.7. The number of hydrogen-bond donors (Lipinski definition) is 4. The zero-order valence-electron chi connectivity index (χ0n) is 33.2. The van der Waals surface area contributed by atoms with Gasteiger partial charge in [0, 0.05) is 30.5 Å². The first-order valence-corrected chi connectivity index (χ1v) is 20.0. The topological polar surface area (TPSA) is 169 Å². The molecule has 6 rings (SSSR count). The van der Waals surface area contributed by atoms with E-state index >= 15 is 4.39 Å². The number of fused-ring (bicyclic) bond motifs is 4. The molecule has 2 aromatic heterocycles. The van der Waals surface area contributed by atoms with Crippen molar-refractivity contribution in [3.63, 3.8) is 0 Å². The van der Waals surface area contributed by atoms with Crippen LogP contribution in [0.5, 0.6) is 0 Å². The minimum absolute atomic E-state index is 0.0201. The molecule has 0 saturated carbocycles. The number of carbonyl (C=O) groups is 1. The van der Waals surface area contributed by atoms with Crippen LogP contribution in [-0.4, -0.2) is 53.1 Å². The normalized spacial score (nSPS) is 14.7. The molecule has 2 aliphatic heterocycles. The molecule has 0 spiro atoms. The third kappa shape index (κ3) is 9.81. The molecule has 0 bridgehead atoms. The summed E-state index contributed by atoms with van der Waals surface area (Å²) in [7, 11) is 0. The predicted octanol–water partition coefficient (Wildman–Crippen LogP) is 11.0. The highest BCUT2D eigenvalue weighted by Crippen LogP contribution is 2.49. The van der Waals surface area contributed by atoms with Gasteiger partial charge in [-0.1, -0.05) is 72.1 Å². The van der Waals surface area contributed by atoms with E-state index in [0.29, 0.717) is 51.5 Å². The molecule has 15 heteroatoms. The summed E-state index contributed by atoms with van der Waals surface area (Å²) in [5.41, 5.74) is 2.27. The third-order valence-corrected chi connectivity index (χ3v) is 10.2. The van der Waals surface area contributed by atoms with Crippen LogP contribution in [0.4, 0.5) is 26.0 Å². The molecular weight excluding hydrogens is 743 g/mol. The summed E-state index contributed by atoms with van der Waals surface area (Å²) in [6.07, 6.45) is 3.20. The van der Waals surface area contributed by atoms with Gasteiger partial charge in [-0.25, -0.2) is 14.2 Å². The van der Waals surface area contributed by atoms with Crippen LogP contribution in [0.1, 0.15) is 105 Å². The van der Waals surface area contributed by atoms with Gasteiger partial charge < -0.3 is 24.4 Å². The number of thiophene rings is 1. The number of unbranched alkanes of at least 4 members (excludes halogenated alkanes) is 1. The molecule has 1 amide bonds. The standard InChI is InChI=1S/C34H36ClFN8O4S.C4H10.C2H6/c1-6-22(38)47-23(39)12-40-30-26-20-15-46-14-19(20)24(27(35)28(26)41-32(42-30)44-10-9-16(2)13-44)17-7-8-21(36)29-25(17)18(11-37)31(49-29)43-33(45)48-34(3,4)5;1-3-4-2;1-2/h7-8,16,38-39H,6,9-10,12-15H2,1-5H3,(H,43,45)(H,40,41,42);3-4H2,1-2H3;1-2H3/t16-;;/m0../s1. The second-order valence-corrected chi connectivity index (χ2v) is 15.5. The number of amides is 1. The second kappa shape index (κ2) is 18.8. The van der Waals surface area contributed by atoms with E-state index < -0.39 is 17.5 Å². The lowest BCUT2D eigenvalue weighted by molar-refractivity contribution is 0.0636. The Morgan fingerprint density at radius 1 is 1.13 bits per heavy atom. The zero-order valence-corrected chi connectivity index (χ0v) is 34.8. The number of nitrogens with one attached hydrogen (secondary N) is 4. The minimum Gasteiger partial charge on any atom is -0.444 e. The summed E-state index contributed by atoms with van der Waals surface area (Å²) >= 11 is 8.28. The van der Waals surface area contributed by atoms with Crippen molar-refractivity contribution < 1.29 is 23.4 Å². The number of anilines is 3. The predicted molar refractivity (Wildman–Crippen MR) is 222 cm³/mol. The van der Waals surface area contributed by atoms with Crippen LogP contribution in [0.3, 0.4) is 0 Å². The van der Waals surface area contributed by atoms with Crippen molar-refractivity contribution in [2.24, 2.45) is 5.92 Å². The fourth-order valence-electron chi connectivity index (χ4n) is 6.08. The van der Waals surface area contributed by atoms with Crippen molar-refractivity contribution in [2.45, 2.75) is 107 Å². The lowest BCUT2D eigenvalue weighted by Crippen LogP contribution is -2.27. The highest BCUT2D eigenvalue weighted by Gasteiger charge is 2.32. The van der Waals surface area contributed by atoms with Crippen LogP contribution in [0, 0.1) is 33.9 Å². The van der Waals surface area contributed by atoms with Crippen LogP contribution in [0.25, 0.3) is 32.1 Å². The summed E-state index contributed by atoms with van der Waals surface area (Å²) in [5.74, 6) is 0.622. The number of rotatable bonds is 8. The number of carbonyl (C=O) groups excluding carboxylic acids is 1. The van der Waals surface area contributed by atoms with Gasteiger partial charge in [0.05, 0.1) is 45.9 Å². The van der Waals surface area contributed by atoms with Crippen molar-refractivity contribution in [2.75, 3.05) is 35.2 Å². The first kappa shape index (κ1) is 43.2. The van der Waals surface area contributed by atoms with Crippen LogP contribution in [0.2, 0.25) is 5.02 Å². The van der Waals surface area contributed by atoms with Crippen LogP contribution in [-0.2, 0) is 27.4 Å². The molecule has 12 nitrogen and oxygen atoms in total. The molecule has 1 saturated heterocycles. The molecule has 2 aliphatic rings. The van der Waals surface area contributed by atoms with Gasteiger partial charge in [-0.3, -0.25) is 16.1 Å². The zero-order chi connectivity index (χ0) is 40.6. The van der Waals surface area contributed by atoms with E-state index in [1.807, 2.05) is 13.8 Å². The monoisotopic (exact) mass is 794 g/mol. The van der Waals surface area contributed by atoms with Crippen molar-refractivity contribution in [3.05, 3.63) is 39.7 Å². The number of halogens is 2. The molecule has 1 atom stereocenters. The second-order valence-electron chi connectivity index (χ2n) is 14.1. The summed E-state index contributed by atoms with van der Waals surface area (Å²) in [6.45, 7) is 19.3. The Bertz CT molecular complexity index is 2110. The molecule has 4 N–H and O–H groups in total. The number of ether oxygens (including phenoxy) is 3. The average Bonchev–Trinajstić information content (AvgIpc) is 3.90. The molecule has 0 unspecified atom stereocenters. The van der Waals surface area contributed by atoms with Crippen molar-refractivity contribution >= 4 is 78.6 Å². The van der Waals surface area contributed by atoms with Crippen molar-refractivity contribution in [1.82, 2.24) is 9.97 Å². The maximum absolute atomic E-state index is 15.4. The smallest absolute Gasteiger partial charge is 0.412 e. The summed E-state index contributed by atoms with van der Waals surface area (Å²) in [6, 6.07) is 5.06. The van der Waals surface area contributed by atoms with Gasteiger partial charge in [-0.05, 0) is 55.9 Å². The van der Waals surface area contributed by atoms with Gasteiger partial charge in [-0.15, -0.1) is 11.3 Å². The lowest BCUT2D eigenvalue weighted by atomic mass is 9.91. The van der Waals surface area contributed by atoms with Crippen LogP contribution in [0.15, 0.2) is 12.1 Å². The Labute approximate surface area is 331 Å². The fraction of sp³-hybridized carbons (Fsp3) is 0.500. The fourth-order valence-corrected chi connectivity index (χ4v) is 7.50. The number of hydrogen-bond acceptors (Lipinski definition) is 12. The maximum atomic E-state index is 15.4. The quantitative estimate of drug-likeness (QED) is 0.100. The molecule has 4 aromatic rings. The van der Waals surface area contributed by atoms with Gasteiger partial charge in [0.25, 0.3) is 0 Å². The van der Waals surface area contributed by atoms with Gasteiger partial charge in [-0.2, -0.15) is 10.2 Å². The van der Waals surface area contributed by atoms with Crippen LogP contribution < -0.4 is 15.5 Å². The van der Waals surface area contributed by atoms with Gasteiger partial charge in [0.15, 0.2) is 5.90 Å². The molecule has 1 fully saturated rings. The highest BCUT2D eigenvalue weighted by molar-refractivity contribution is 7.23. The largest absolute Gasteiger partial charge is 0.444 e. The Morgan fingerprint density at radius 3 is 2.42 bits per heavy atom. The molecule has 55 heavy (non-hydrogen) atoms. The number of nitrogens with zero attached hydrogens (tertiary/aromatic N) is 4. The summed E-state index contributed by atoms with van der Waals surface area (Å²) < 4.78 is 32.3. The number of benzene rings is 2. The average molecular weight is 795 g/mol. The molecule has 0 aliphatic carbocycles. The van der Waals surface area contributed by atoms with E-state index in [1.54, 1.807) is 33.8 Å². The van der Waals surface area contributed by atoms with Crippen molar-refractivity contribution in [1.29, 1.82) is 16.1 Å². The van der Waals surface area contributed by atoms with E-state index in [-0.39, 0.29) is 51.8 Å². The molecule has 0 radical (unpaired) electrons. The van der Waals surface area contributed by atoms with Gasteiger partial charge in [0.2, 0.25) is 11.8 Å². The Morgan fingerprint density at radius 2 is 1.82 bits per heavy atom. The van der Waals surface area contributed by atoms with E-state index in [2.05, 4.69) is 42.4 Å². The van der Waals surface area contributed by atoms with Crippen LogP contribution >= 0.6 is 22.9 Å². The first-order valence-electron chi connectivity index (χ1n) is 18.8. The van der Waals surface area contributed by atoms with E-state index in [4.69, 9.17) is 46.6 Å². The molecule has 4 heterocycles. The lowest BCUT2D eigenvalue weighted by Gasteiger charge is -2.22. The van der Waals surface area contributed by atoms with Crippen molar-refractivity contribution in [3.8, 4) is 17.2 Å². The number of nitriles is 1. The maximum Gasteiger partial charge on any atom is 0.412 e. The molecule has 296 valence electrons. The third-order valence-electron chi connectivity index (χ3n) is 8.76. The van der Waals surface area contributed by atoms with E-state index in [9.17, 15) is 10.1 Å². The SMILES string of the molecule is CC.CCC(=N)OC(=N)CNc1nc(N2CC[C@H](C)C2)nc2c(Cl)c(-c3ccc(F)c4sc(NC(=O)OC(C)(C)C)c(C#N)c34)c3c(c12)COC3.CCCC. The minimum atomic E-state index is -0.781. The summed E-state index contributed by atoms with van der Waals surface area (Å²) in [5, 5.41) is 33.6. The molecular formula is C40H52ClFN8O4S. The molecule has 2 aromatic carbocycles.